The van der Waals surface area contributed by atoms with Crippen molar-refractivity contribution in [3.8, 4) is 0 Å². The van der Waals surface area contributed by atoms with Crippen molar-refractivity contribution in [2.24, 2.45) is 23.2 Å². The lowest BCUT2D eigenvalue weighted by Gasteiger charge is -2.33. The minimum atomic E-state index is -1.13. The van der Waals surface area contributed by atoms with Crippen LogP contribution in [0.3, 0.4) is 0 Å². The number of carboxylic acid groups (broad SMARTS) is 1. The summed E-state index contributed by atoms with van der Waals surface area (Å²) in [5.41, 5.74) is 4.50. The van der Waals surface area contributed by atoms with Crippen molar-refractivity contribution in [2.75, 3.05) is 0 Å². The van der Waals surface area contributed by atoms with Crippen LogP contribution < -0.4 is 10.9 Å². The van der Waals surface area contributed by atoms with E-state index in [0.29, 0.717) is 6.42 Å². The maximum Gasteiger partial charge on any atom is 0.310 e. The zero-order valence-electron chi connectivity index (χ0n) is 13.4. The standard InChI is InChI=1S/C18H20N2O4/c1-18(17(23)24)13-8-7-12(10-13)15(18)16(22)20-19-14(21)9-11-5-3-2-4-6-11/h2-8,12-13,15H,9-10H2,1H3,(H,19,21)(H,20,22)(H,23,24)/t12-,13-,15+,18+/m0/s1. The molecule has 1 saturated carbocycles. The van der Waals surface area contributed by atoms with E-state index in [4.69, 9.17) is 0 Å². The van der Waals surface area contributed by atoms with Crippen LogP contribution in [0.4, 0.5) is 0 Å². The summed E-state index contributed by atoms with van der Waals surface area (Å²) in [6.45, 7) is 1.61. The van der Waals surface area contributed by atoms with Crippen LogP contribution in [0.5, 0.6) is 0 Å². The maximum atomic E-state index is 12.5. The molecule has 6 heteroatoms. The highest BCUT2D eigenvalue weighted by molar-refractivity contribution is 5.90. The zero-order chi connectivity index (χ0) is 17.3. The van der Waals surface area contributed by atoms with Crippen molar-refractivity contribution in [3.63, 3.8) is 0 Å². The molecule has 4 atom stereocenters. The van der Waals surface area contributed by atoms with E-state index in [-0.39, 0.29) is 24.2 Å². The van der Waals surface area contributed by atoms with Crippen molar-refractivity contribution in [3.05, 3.63) is 48.0 Å². The van der Waals surface area contributed by atoms with Crippen molar-refractivity contribution in [2.45, 2.75) is 19.8 Å². The van der Waals surface area contributed by atoms with Gasteiger partial charge < -0.3 is 5.11 Å². The molecule has 0 unspecified atom stereocenters. The second-order valence-electron chi connectivity index (χ2n) is 6.66. The number of fused-ring (bicyclic) bond motifs is 2. The summed E-state index contributed by atoms with van der Waals surface area (Å²) in [7, 11) is 0. The summed E-state index contributed by atoms with van der Waals surface area (Å²) in [5.74, 6) is -2.68. The molecule has 2 amide bonds. The minimum Gasteiger partial charge on any atom is -0.481 e. The lowest BCUT2D eigenvalue weighted by Crippen LogP contribution is -2.52. The third-order valence-electron chi connectivity index (χ3n) is 5.24. The fourth-order valence-electron chi connectivity index (χ4n) is 3.89. The van der Waals surface area contributed by atoms with Crippen molar-refractivity contribution < 1.29 is 19.5 Å². The van der Waals surface area contributed by atoms with Crippen LogP contribution in [-0.4, -0.2) is 22.9 Å². The molecule has 2 aliphatic rings. The molecule has 0 radical (unpaired) electrons. The van der Waals surface area contributed by atoms with Gasteiger partial charge in [0, 0.05) is 0 Å². The lowest BCUT2D eigenvalue weighted by molar-refractivity contribution is -0.156. The number of hydrazine groups is 1. The lowest BCUT2D eigenvalue weighted by atomic mass is 9.69. The molecule has 2 bridgehead atoms. The van der Waals surface area contributed by atoms with Crippen LogP contribution in [0.25, 0.3) is 0 Å². The van der Waals surface area contributed by atoms with Crippen LogP contribution in [0.1, 0.15) is 18.9 Å². The first kappa shape index (κ1) is 16.2. The predicted octanol–water partition coefficient (Wildman–Crippen LogP) is 1.29. The summed E-state index contributed by atoms with van der Waals surface area (Å²) >= 11 is 0. The van der Waals surface area contributed by atoms with Gasteiger partial charge in [-0.2, -0.15) is 0 Å². The van der Waals surface area contributed by atoms with Crippen LogP contribution in [0.15, 0.2) is 42.5 Å². The Kier molecular flexibility index (Phi) is 4.13. The minimum absolute atomic E-state index is 0.0953. The third kappa shape index (κ3) is 2.68. The molecule has 6 nitrogen and oxygen atoms in total. The van der Waals surface area contributed by atoms with Crippen molar-refractivity contribution in [1.29, 1.82) is 0 Å². The van der Waals surface area contributed by atoms with Gasteiger partial charge in [0.05, 0.1) is 17.8 Å². The van der Waals surface area contributed by atoms with E-state index >= 15 is 0 Å². The fourth-order valence-corrected chi connectivity index (χ4v) is 3.89. The van der Waals surface area contributed by atoms with Gasteiger partial charge in [-0.25, -0.2) is 0 Å². The molecular formula is C18H20N2O4. The molecule has 3 rings (SSSR count). The Morgan fingerprint density at radius 3 is 2.54 bits per heavy atom. The molecule has 1 aromatic rings. The van der Waals surface area contributed by atoms with E-state index in [9.17, 15) is 19.5 Å². The molecule has 0 aliphatic heterocycles. The number of aliphatic carboxylic acids is 1. The van der Waals surface area contributed by atoms with Crippen molar-refractivity contribution >= 4 is 17.8 Å². The third-order valence-corrected chi connectivity index (χ3v) is 5.24. The average Bonchev–Trinajstić information content (AvgIpc) is 3.13. The Morgan fingerprint density at radius 1 is 1.17 bits per heavy atom. The number of amides is 2. The van der Waals surface area contributed by atoms with Gasteiger partial charge in [0.2, 0.25) is 11.8 Å². The molecule has 0 saturated heterocycles. The SMILES string of the molecule is C[C@@]1(C(=O)O)[C@H]2C=C[C@@H](C2)[C@@H]1C(=O)NNC(=O)Cc1ccccc1. The zero-order valence-corrected chi connectivity index (χ0v) is 13.4. The van der Waals surface area contributed by atoms with E-state index in [0.717, 1.165) is 5.56 Å². The van der Waals surface area contributed by atoms with Gasteiger partial charge in [0.25, 0.3) is 0 Å². The van der Waals surface area contributed by atoms with Gasteiger partial charge in [-0.15, -0.1) is 0 Å². The van der Waals surface area contributed by atoms with Gasteiger partial charge in [-0.3, -0.25) is 25.2 Å². The normalized spacial score (nSPS) is 30.1. The molecule has 126 valence electrons. The van der Waals surface area contributed by atoms with E-state index in [1.54, 1.807) is 6.92 Å². The number of carboxylic acids is 1. The predicted molar refractivity (Wildman–Crippen MR) is 86.4 cm³/mol. The van der Waals surface area contributed by atoms with E-state index in [1.165, 1.54) is 0 Å². The fraction of sp³-hybridized carbons (Fsp3) is 0.389. The number of carbonyl (C=O) groups is 3. The number of hydrogen-bond donors (Lipinski definition) is 3. The summed E-state index contributed by atoms with van der Waals surface area (Å²) in [4.78, 5) is 36.1. The van der Waals surface area contributed by atoms with E-state index in [2.05, 4.69) is 10.9 Å². The van der Waals surface area contributed by atoms with Crippen LogP contribution in [0, 0.1) is 23.2 Å². The molecule has 0 spiro atoms. The monoisotopic (exact) mass is 328 g/mol. The number of carbonyl (C=O) groups excluding carboxylic acids is 2. The molecule has 2 aliphatic carbocycles. The molecule has 1 aromatic carbocycles. The first-order valence-corrected chi connectivity index (χ1v) is 7.97. The Hall–Kier alpha value is -2.63. The van der Waals surface area contributed by atoms with Crippen molar-refractivity contribution in [1.82, 2.24) is 10.9 Å². The van der Waals surface area contributed by atoms with Gasteiger partial charge in [-0.05, 0) is 30.7 Å². The van der Waals surface area contributed by atoms with Gasteiger partial charge >= 0.3 is 5.97 Å². The Balaban J connectivity index is 1.62. The van der Waals surface area contributed by atoms with Crippen LogP contribution >= 0.6 is 0 Å². The van der Waals surface area contributed by atoms with Gasteiger partial charge in [0.1, 0.15) is 0 Å². The second-order valence-corrected chi connectivity index (χ2v) is 6.66. The molecular weight excluding hydrogens is 308 g/mol. The molecule has 1 fully saturated rings. The topological polar surface area (TPSA) is 95.5 Å². The van der Waals surface area contributed by atoms with E-state index < -0.39 is 23.2 Å². The number of benzene rings is 1. The summed E-state index contributed by atoms with van der Waals surface area (Å²) in [6, 6.07) is 9.17. The Labute approximate surface area is 139 Å². The number of hydrogen-bond acceptors (Lipinski definition) is 3. The maximum absolute atomic E-state index is 12.5. The second kappa shape index (κ2) is 6.11. The van der Waals surface area contributed by atoms with Gasteiger partial charge in [-0.1, -0.05) is 42.5 Å². The summed E-state index contributed by atoms with van der Waals surface area (Å²) in [5, 5.41) is 9.58. The highest BCUT2D eigenvalue weighted by Crippen LogP contribution is 2.56. The summed E-state index contributed by atoms with van der Waals surface area (Å²) in [6.07, 6.45) is 4.61. The molecule has 0 heterocycles. The molecule has 24 heavy (non-hydrogen) atoms. The number of allylic oxidation sites excluding steroid dienone is 2. The highest BCUT2D eigenvalue weighted by Gasteiger charge is 2.60. The average molecular weight is 328 g/mol. The largest absolute Gasteiger partial charge is 0.481 e. The number of rotatable bonds is 4. The quantitative estimate of drug-likeness (QED) is 0.573. The molecule has 0 aromatic heterocycles. The first-order chi connectivity index (χ1) is 11.4. The highest BCUT2D eigenvalue weighted by atomic mass is 16.4. The number of nitrogens with one attached hydrogen (secondary N) is 2. The van der Waals surface area contributed by atoms with E-state index in [1.807, 2.05) is 42.5 Å². The van der Waals surface area contributed by atoms with Crippen LogP contribution in [-0.2, 0) is 20.8 Å². The Bertz CT molecular complexity index is 700. The van der Waals surface area contributed by atoms with Crippen LogP contribution in [0.2, 0.25) is 0 Å². The Morgan fingerprint density at radius 2 is 1.88 bits per heavy atom. The first-order valence-electron chi connectivity index (χ1n) is 7.97. The van der Waals surface area contributed by atoms with Gasteiger partial charge in [0.15, 0.2) is 0 Å². The summed E-state index contributed by atoms with van der Waals surface area (Å²) < 4.78 is 0. The smallest absolute Gasteiger partial charge is 0.310 e. The molecule has 3 N–H and O–H groups in total.